The van der Waals surface area contributed by atoms with Gasteiger partial charge in [0, 0.05) is 32.3 Å². The van der Waals surface area contributed by atoms with Gasteiger partial charge in [0.05, 0.1) is 0 Å². The van der Waals surface area contributed by atoms with Crippen LogP contribution in [-0.2, 0) is 9.53 Å². The van der Waals surface area contributed by atoms with Gasteiger partial charge in [0.1, 0.15) is 6.10 Å². The molecule has 86 valence electrons. The van der Waals surface area contributed by atoms with E-state index in [2.05, 4.69) is 19.2 Å². The van der Waals surface area contributed by atoms with Crippen LogP contribution in [0.25, 0.3) is 0 Å². The Morgan fingerprint density at radius 2 is 2.27 bits per heavy atom. The first-order chi connectivity index (χ1) is 7.20. The zero-order chi connectivity index (χ0) is 10.8. The average Bonchev–Trinajstić information content (AvgIpc) is 2.64. The van der Waals surface area contributed by atoms with Gasteiger partial charge in [-0.05, 0) is 19.3 Å². The van der Waals surface area contributed by atoms with Crippen LogP contribution in [0.1, 0.15) is 20.3 Å². The molecular formula is C11H20N2O2. The smallest absolute Gasteiger partial charge is 0.252 e. The molecule has 1 N–H and O–H groups in total. The molecule has 2 saturated heterocycles. The summed E-state index contributed by atoms with van der Waals surface area (Å²) >= 11 is 0. The highest BCUT2D eigenvalue weighted by Gasteiger charge is 2.36. The van der Waals surface area contributed by atoms with Crippen molar-refractivity contribution in [2.24, 2.45) is 5.92 Å². The van der Waals surface area contributed by atoms with Crippen LogP contribution in [0.15, 0.2) is 0 Å². The van der Waals surface area contributed by atoms with Crippen molar-refractivity contribution >= 4 is 5.91 Å². The average molecular weight is 212 g/mol. The van der Waals surface area contributed by atoms with Crippen molar-refractivity contribution in [3.05, 3.63) is 0 Å². The first-order valence-electron chi connectivity index (χ1n) is 5.83. The number of amides is 1. The van der Waals surface area contributed by atoms with E-state index in [4.69, 9.17) is 4.74 Å². The minimum absolute atomic E-state index is 0.189. The number of carbonyl (C=O) groups is 1. The van der Waals surface area contributed by atoms with Crippen LogP contribution in [0.5, 0.6) is 0 Å². The summed E-state index contributed by atoms with van der Waals surface area (Å²) in [6.07, 6.45) is 0.821. The van der Waals surface area contributed by atoms with E-state index in [-0.39, 0.29) is 12.0 Å². The van der Waals surface area contributed by atoms with E-state index in [0.29, 0.717) is 12.0 Å². The van der Waals surface area contributed by atoms with Gasteiger partial charge in [-0.15, -0.1) is 0 Å². The summed E-state index contributed by atoms with van der Waals surface area (Å²) in [5.41, 5.74) is 0. The Morgan fingerprint density at radius 1 is 1.47 bits per heavy atom. The number of rotatable bonds is 1. The Morgan fingerprint density at radius 3 is 2.87 bits per heavy atom. The number of nitrogens with one attached hydrogen (secondary N) is 1. The number of hydrogen-bond acceptors (Lipinski definition) is 3. The molecule has 0 spiro atoms. The van der Waals surface area contributed by atoms with Crippen LogP contribution in [0, 0.1) is 5.92 Å². The Hall–Kier alpha value is -0.610. The van der Waals surface area contributed by atoms with Crippen molar-refractivity contribution in [3.8, 4) is 0 Å². The van der Waals surface area contributed by atoms with Crippen LogP contribution < -0.4 is 5.32 Å². The largest absolute Gasteiger partial charge is 0.368 e. The first kappa shape index (κ1) is 10.9. The maximum atomic E-state index is 12.2. The van der Waals surface area contributed by atoms with Crippen molar-refractivity contribution in [2.45, 2.75) is 32.4 Å². The zero-order valence-electron chi connectivity index (χ0n) is 9.53. The summed E-state index contributed by atoms with van der Waals surface area (Å²) in [5.74, 6) is 0.564. The number of ether oxygens (including phenoxy) is 1. The fourth-order valence-corrected chi connectivity index (χ4v) is 2.34. The molecule has 0 bridgehead atoms. The Bertz CT molecular complexity index is 245. The molecular weight excluding hydrogens is 192 g/mol. The number of hydrogen-bond donors (Lipinski definition) is 1. The Balaban J connectivity index is 1.99. The summed E-state index contributed by atoms with van der Waals surface area (Å²) in [7, 11) is 0. The summed E-state index contributed by atoms with van der Waals surface area (Å²) in [4.78, 5) is 14.2. The molecule has 2 unspecified atom stereocenters. The quantitative estimate of drug-likeness (QED) is 0.676. The number of carbonyl (C=O) groups excluding carboxylic acids is 1. The van der Waals surface area contributed by atoms with Crippen molar-refractivity contribution < 1.29 is 9.53 Å². The van der Waals surface area contributed by atoms with E-state index >= 15 is 0 Å². The topological polar surface area (TPSA) is 41.6 Å². The van der Waals surface area contributed by atoms with Crippen LogP contribution in [-0.4, -0.2) is 49.2 Å². The summed E-state index contributed by atoms with van der Waals surface area (Å²) in [5, 5.41) is 3.29. The van der Waals surface area contributed by atoms with Gasteiger partial charge in [0.15, 0.2) is 0 Å². The molecule has 0 aliphatic carbocycles. The predicted octanol–water partition coefficient (Wildman–Crippen LogP) is 0.232. The van der Waals surface area contributed by atoms with E-state index in [9.17, 15) is 4.79 Å². The lowest BCUT2D eigenvalue weighted by Crippen LogP contribution is -2.55. The maximum Gasteiger partial charge on any atom is 0.252 e. The van der Waals surface area contributed by atoms with Crippen molar-refractivity contribution in [3.63, 3.8) is 0 Å². The predicted molar refractivity (Wildman–Crippen MR) is 57.6 cm³/mol. The lowest BCUT2D eigenvalue weighted by molar-refractivity contribution is -0.145. The van der Waals surface area contributed by atoms with Gasteiger partial charge in [-0.3, -0.25) is 4.79 Å². The van der Waals surface area contributed by atoms with Gasteiger partial charge in [-0.2, -0.15) is 0 Å². The summed E-state index contributed by atoms with van der Waals surface area (Å²) in [6, 6.07) is 0.294. The van der Waals surface area contributed by atoms with Crippen molar-refractivity contribution in [1.82, 2.24) is 10.2 Å². The molecule has 2 aliphatic rings. The van der Waals surface area contributed by atoms with E-state index < -0.39 is 0 Å². The molecule has 0 aromatic carbocycles. The highest BCUT2D eigenvalue weighted by atomic mass is 16.5. The molecule has 1 amide bonds. The van der Waals surface area contributed by atoms with Crippen LogP contribution >= 0.6 is 0 Å². The highest BCUT2D eigenvalue weighted by molar-refractivity contribution is 5.82. The van der Waals surface area contributed by atoms with Gasteiger partial charge < -0.3 is 15.0 Å². The molecule has 2 rings (SSSR count). The summed E-state index contributed by atoms with van der Waals surface area (Å²) < 4.78 is 5.52. The van der Waals surface area contributed by atoms with Crippen molar-refractivity contribution in [1.29, 1.82) is 0 Å². The minimum Gasteiger partial charge on any atom is -0.368 e. The lowest BCUT2D eigenvalue weighted by atomic mass is 10.0. The monoisotopic (exact) mass is 212 g/mol. The van der Waals surface area contributed by atoms with Crippen LogP contribution in [0.2, 0.25) is 0 Å². The van der Waals surface area contributed by atoms with Gasteiger partial charge in [0.2, 0.25) is 0 Å². The third-order valence-corrected chi connectivity index (χ3v) is 3.42. The lowest BCUT2D eigenvalue weighted by Gasteiger charge is -2.36. The van der Waals surface area contributed by atoms with Gasteiger partial charge in [0.25, 0.3) is 5.91 Å². The third kappa shape index (κ3) is 2.16. The SMILES string of the molecule is CC1CCOC1C(=O)N1CCNC[C@@H]1C. The molecule has 4 nitrogen and oxygen atoms in total. The first-order valence-corrected chi connectivity index (χ1v) is 5.83. The molecule has 2 fully saturated rings. The minimum atomic E-state index is -0.189. The molecule has 3 atom stereocenters. The molecule has 0 aromatic heterocycles. The zero-order valence-corrected chi connectivity index (χ0v) is 9.53. The highest BCUT2D eigenvalue weighted by Crippen LogP contribution is 2.22. The Labute approximate surface area is 91.0 Å². The molecule has 0 saturated carbocycles. The van der Waals surface area contributed by atoms with Crippen LogP contribution in [0.3, 0.4) is 0 Å². The molecule has 0 radical (unpaired) electrons. The van der Waals surface area contributed by atoms with E-state index in [1.165, 1.54) is 0 Å². The molecule has 4 heteroatoms. The second kappa shape index (κ2) is 4.49. The van der Waals surface area contributed by atoms with E-state index in [1.807, 2.05) is 4.90 Å². The van der Waals surface area contributed by atoms with Gasteiger partial charge in [-0.1, -0.05) is 6.92 Å². The summed E-state index contributed by atoms with van der Waals surface area (Å²) in [6.45, 7) is 7.53. The molecule has 0 aromatic rings. The number of nitrogens with zero attached hydrogens (tertiary/aromatic N) is 1. The van der Waals surface area contributed by atoms with Gasteiger partial charge >= 0.3 is 0 Å². The second-order valence-corrected chi connectivity index (χ2v) is 4.64. The van der Waals surface area contributed by atoms with E-state index in [1.54, 1.807) is 0 Å². The van der Waals surface area contributed by atoms with Crippen molar-refractivity contribution in [2.75, 3.05) is 26.2 Å². The third-order valence-electron chi connectivity index (χ3n) is 3.42. The molecule has 2 aliphatic heterocycles. The number of piperazine rings is 1. The van der Waals surface area contributed by atoms with Crippen LogP contribution in [0.4, 0.5) is 0 Å². The molecule has 2 heterocycles. The normalized spacial score (nSPS) is 36.9. The fraction of sp³-hybridized carbons (Fsp3) is 0.909. The molecule has 15 heavy (non-hydrogen) atoms. The maximum absolute atomic E-state index is 12.2. The standard InChI is InChI=1S/C11H20N2O2/c1-8-3-6-15-10(8)11(14)13-5-4-12-7-9(13)2/h8-10,12H,3-7H2,1-2H3/t8?,9-,10?/m0/s1. The Kier molecular flexibility index (Phi) is 3.26. The second-order valence-electron chi connectivity index (χ2n) is 4.64. The fourth-order valence-electron chi connectivity index (χ4n) is 2.34. The van der Waals surface area contributed by atoms with Gasteiger partial charge in [-0.25, -0.2) is 0 Å². The van der Waals surface area contributed by atoms with E-state index in [0.717, 1.165) is 32.7 Å².